The molecule has 1 heterocycles. The van der Waals surface area contributed by atoms with Crippen LogP contribution in [0, 0.1) is 0 Å². The quantitative estimate of drug-likeness (QED) is 0.689. The number of esters is 2. The number of hydrogen-bond donors (Lipinski definition) is 1. The van der Waals surface area contributed by atoms with Gasteiger partial charge in [-0.25, -0.2) is 9.59 Å². The number of thiophene rings is 1. The molecule has 1 aliphatic rings. The van der Waals surface area contributed by atoms with Crippen molar-refractivity contribution in [2.45, 2.75) is 19.3 Å². The van der Waals surface area contributed by atoms with E-state index in [0.29, 0.717) is 16.3 Å². The van der Waals surface area contributed by atoms with Gasteiger partial charge in [0.25, 0.3) is 5.91 Å². The first-order valence-corrected chi connectivity index (χ1v) is 9.72. The fourth-order valence-corrected chi connectivity index (χ4v) is 4.44. The highest BCUT2D eigenvalue weighted by Gasteiger charge is 2.28. The van der Waals surface area contributed by atoms with Gasteiger partial charge in [-0.05, 0) is 37.0 Å². The van der Waals surface area contributed by atoms with E-state index in [2.05, 4.69) is 5.32 Å². The molecule has 0 saturated heterocycles. The molecule has 0 fully saturated rings. The number of benzene rings is 1. The highest BCUT2D eigenvalue weighted by molar-refractivity contribution is 7.17. The maximum absolute atomic E-state index is 12.3. The molecule has 1 aromatic carbocycles. The van der Waals surface area contributed by atoms with Crippen LogP contribution >= 0.6 is 11.3 Å². The fraction of sp³-hybridized carbons (Fsp3) is 0.350. The second-order valence-corrected chi connectivity index (χ2v) is 7.35. The Bertz CT molecular complexity index is 951. The van der Waals surface area contributed by atoms with Gasteiger partial charge in [0.1, 0.15) is 22.1 Å². The van der Waals surface area contributed by atoms with Gasteiger partial charge in [-0.15, -0.1) is 11.3 Å². The van der Waals surface area contributed by atoms with Crippen molar-refractivity contribution >= 4 is 34.2 Å². The highest BCUT2D eigenvalue weighted by atomic mass is 32.1. The number of carbonyl (C=O) groups excluding carboxylic acids is 3. The second kappa shape index (κ2) is 8.95. The number of amides is 1. The van der Waals surface area contributed by atoms with Crippen LogP contribution in [0.4, 0.5) is 5.00 Å². The molecule has 0 atom stereocenters. The van der Waals surface area contributed by atoms with Crippen LogP contribution in [0.5, 0.6) is 11.5 Å². The normalized spacial score (nSPS) is 12.1. The topological polar surface area (TPSA) is 100 Å². The molecule has 0 bridgehead atoms. The summed E-state index contributed by atoms with van der Waals surface area (Å²) in [5.74, 6) is -0.938. The van der Waals surface area contributed by atoms with Gasteiger partial charge in [0.2, 0.25) is 0 Å². The van der Waals surface area contributed by atoms with Crippen LogP contribution in [0.1, 0.15) is 37.6 Å². The van der Waals surface area contributed by atoms with Crippen LogP contribution in [0.25, 0.3) is 0 Å². The lowest BCUT2D eigenvalue weighted by Crippen LogP contribution is -2.22. The maximum atomic E-state index is 12.3. The van der Waals surface area contributed by atoms with Crippen LogP contribution in [-0.2, 0) is 27.1 Å². The van der Waals surface area contributed by atoms with E-state index in [4.69, 9.17) is 18.9 Å². The average molecular weight is 419 g/mol. The van der Waals surface area contributed by atoms with Crippen molar-refractivity contribution in [2.75, 3.05) is 33.3 Å². The van der Waals surface area contributed by atoms with Gasteiger partial charge >= 0.3 is 11.9 Å². The molecule has 2 aromatic rings. The van der Waals surface area contributed by atoms with Crippen molar-refractivity contribution in [1.29, 1.82) is 0 Å². The molecule has 1 aliphatic carbocycles. The van der Waals surface area contributed by atoms with E-state index >= 15 is 0 Å². The molecular formula is C20H21NO7S. The van der Waals surface area contributed by atoms with Gasteiger partial charge in [0.05, 0.1) is 26.9 Å². The Morgan fingerprint density at radius 2 is 1.86 bits per heavy atom. The summed E-state index contributed by atoms with van der Waals surface area (Å²) in [7, 11) is 4.22. The number of anilines is 1. The number of rotatable bonds is 7. The Hall–Kier alpha value is -3.07. The number of nitrogens with one attached hydrogen (secondary N) is 1. The van der Waals surface area contributed by atoms with Crippen LogP contribution in [0.15, 0.2) is 18.2 Å². The van der Waals surface area contributed by atoms with E-state index in [1.807, 2.05) is 0 Å². The van der Waals surface area contributed by atoms with Crippen molar-refractivity contribution in [2.24, 2.45) is 0 Å². The third kappa shape index (κ3) is 4.34. The second-order valence-electron chi connectivity index (χ2n) is 6.24. The maximum Gasteiger partial charge on any atom is 0.342 e. The van der Waals surface area contributed by atoms with Crippen molar-refractivity contribution in [3.63, 3.8) is 0 Å². The monoisotopic (exact) mass is 419 g/mol. The summed E-state index contributed by atoms with van der Waals surface area (Å²) in [4.78, 5) is 37.8. The molecule has 1 N–H and O–H groups in total. The summed E-state index contributed by atoms with van der Waals surface area (Å²) in [6.07, 6.45) is 2.62. The van der Waals surface area contributed by atoms with Gasteiger partial charge in [0, 0.05) is 10.9 Å². The zero-order valence-electron chi connectivity index (χ0n) is 16.3. The molecule has 8 nitrogen and oxygen atoms in total. The fourth-order valence-electron chi connectivity index (χ4n) is 3.15. The zero-order chi connectivity index (χ0) is 21.0. The summed E-state index contributed by atoms with van der Waals surface area (Å²) < 4.78 is 20.2. The molecular weight excluding hydrogens is 398 g/mol. The van der Waals surface area contributed by atoms with E-state index in [1.165, 1.54) is 38.7 Å². The van der Waals surface area contributed by atoms with E-state index in [0.717, 1.165) is 29.7 Å². The van der Waals surface area contributed by atoms with Gasteiger partial charge in [-0.1, -0.05) is 0 Å². The molecule has 29 heavy (non-hydrogen) atoms. The van der Waals surface area contributed by atoms with Crippen LogP contribution in [0.3, 0.4) is 0 Å². The van der Waals surface area contributed by atoms with E-state index in [-0.39, 0.29) is 11.3 Å². The van der Waals surface area contributed by atoms with Gasteiger partial charge in [-0.2, -0.15) is 0 Å². The Balaban J connectivity index is 1.67. The number of hydrogen-bond acceptors (Lipinski definition) is 8. The summed E-state index contributed by atoms with van der Waals surface area (Å²) in [6.45, 7) is -0.503. The molecule has 0 saturated carbocycles. The molecule has 3 rings (SSSR count). The van der Waals surface area contributed by atoms with E-state index < -0.39 is 24.5 Å². The van der Waals surface area contributed by atoms with Crippen LogP contribution < -0.4 is 14.8 Å². The van der Waals surface area contributed by atoms with Crippen molar-refractivity contribution < 1.29 is 33.3 Å². The lowest BCUT2D eigenvalue weighted by molar-refractivity contribution is -0.119. The Labute approximate surface area is 171 Å². The summed E-state index contributed by atoms with van der Waals surface area (Å²) in [6, 6.07) is 4.64. The number of carbonyl (C=O) groups is 3. The van der Waals surface area contributed by atoms with E-state index in [1.54, 1.807) is 12.1 Å². The number of aryl methyl sites for hydroxylation is 1. The van der Waals surface area contributed by atoms with Gasteiger partial charge < -0.3 is 24.3 Å². The van der Waals surface area contributed by atoms with Gasteiger partial charge in [-0.3, -0.25) is 4.79 Å². The Kier molecular flexibility index (Phi) is 6.38. The van der Waals surface area contributed by atoms with Crippen LogP contribution in [0.2, 0.25) is 0 Å². The highest BCUT2D eigenvalue weighted by Crippen LogP contribution is 2.39. The first-order chi connectivity index (χ1) is 14.0. The minimum absolute atomic E-state index is 0.173. The minimum atomic E-state index is -0.707. The SMILES string of the molecule is COC(=O)c1c(NC(=O)COC(=O)c2ccc(OC)cc2OC)sc2c1CCC2. The van der Waals surface area contributed by atoms with Crippen molar-refractivity contribution in [3.8, 4) is 11.5 Å². The molecule has 1 amide bonds. The Morgan fingerprint density at radius 3 is 2.55 bits per heavy atom. The molecule has 9 heteroatoms. The third-order valence-corrected chi connectivity index (χ3v) is 5.73. The first kappa shape index (κ1) is 20.7. The standard InChI is InChI=1S/C20H21NO7S/c1-25-11-7-8-12(14(9-11)26-2)19(23)28-10-16(22)21-18-17(20(24)27-3)13-5-4-6-15(13)29-18/h7-9H,4-6,10H2,1-3H3,(H,21,22). The molecule has 0 spiro atoms. The van der Waals surface area contributed by atoms with Gasteiger partial charge in [0.15, 0.2) is 6.61 Å². The molecule has 0 unspecified atom stereocenters. The molecule has 0 aliphatic heterocycles. The van der Waals surface area contributed by atoms with E-state index in [9.17, 15) is 14.4 Å². The molecule has 154 valence electrons. The largest absolute Gasteiger partial charge is 0.497 e. The third-order valence-electron chi connectivity index (χ3n) is 4.53. The summed E-state index contributed by atoms with van der Waals surface area (Å²) >= 11 is 1.35. The average Bonchev–Trinajstić information content (AvgIpc) is 3.31. The van der Waals surface area contributed by atoms with Crippen molar-refractivity contribution in [3.05, 3.63) is 39.8 Å². The first-order valence-electron chi connectivity index (χ1n) is 8.90. The zero-order valence-corrected chi connectivity index (χ0v) is 17.1. The summed E-state index contributed by atoms with van der Waals surface area (Å²) in [5.41, 5.74) is 1.49. The summed E-state index contributed by atoms with van der Waals surface area (Å²) in [5, 5.41) is 3.08. The lowest BCUT2D eigenvalue weighted by Gasteiger charge is -2.11. The predicted molar refractivity (Wildman–Crippen MR) is 106 cm³/mol. The van der Waals surface area contributed by atoms with Crippen LogP contribution in [-0.4, -0.2) is 45.8 Å². The predicted octanol–water partition coefficient (Wildman–Crippen LogP) is 2.84. The smallest absolute Gasteiger partial charge is 0.342 e. The molecule has 0 radical (unpaired) electrons. The number of methoxy groups -OCH3 is 3. The lowest BCUT2D eigenvalue weighted by atomic mass is 10.1. The Morgan fingerprint density at radius 1 is 1.07 bits per heavy atom. The minimum Gasteiger partial charge on any atom is -0.497 e. The number of ether oxygens (including phenoxy) is 4. The van der Waals surface area contributed by atoms with Crippen molar-refractivity contribution in [1.82, 2.24) is 0 Å². The number of fused-ring (bicyclic) bond motifs is 1. The molecule has 1 aromatic heterocycles.